The van der Waals surface area contributed by atoms with Crippen LogP contribution in [0.25, 0.3) is 0 Å². The van der Waals surface area contributed by atoms with Crippen LogP contribution in [0.15, 0.2) is 24.3 Å². The van der Waals surface area contributed by atoms with Crippen molar-refractivity contribution < 1.29 is 19.1 Å². The number of nitrogens with zero attached hydrogens (tertiary/aromatic N) is 1. The number of aryl methyl sites for hydroxylation is 1. The summed E-state index contributed by atoms with van der Waals surface area (Å²) in [7, 11) is 1.35. The fraction of sp³-hybridized carbons (Fsp3) is 0.471. The van der Waals surface area contributed by atoms with Gasteiger partial charge >= 0.3 is 5.97 Å². The van der Waals surface area contributed by atoms with Crippen LogP contribution in [0.3, 0.4) is 0 Å². The summed E-state index contributed by atoms with van der Waals surface area (Å²) < 4.78 is 4.65. The van der Waals surface area contributed by atoms with E-state index in [0.717, 1.165) is 24.7 Å². The van der Waals surface area contributed by atoms with Gasteiger partial charge in [-0.05, 0) is 37.0 Å². The maximum Gasteiger partial charge on any atom is 0.337 e. The molecule has 1 aromatic rings. The second kappa shape index (κ2) is 7.73. The van der Waals surface area contributed by atoms with Crippen LogP contribution in [0, 0.1) is 5.92 Å². The van der Waals surface area contributed by atoms with Gasteiger partial charge in [0.15, 0.2) is 0 Å². The highest BCUT2D eigenvalue weighted by atomic mass is 16.5. The minimum Gasteiger partial charge on any atom is -0.465 e. The lowest BCUT2D eigenvalue weighted by molar-refractivity contribution is -0.133. The fourth-order valence-electron chi connectivity index (χ4n) is 2.62. The van der Waals surface area contributed by atoms with Crippen molar-refractivity contribution in [2.45, 2.75) is 25.7 Å². The molecule has 22 heavy (non-hydrogen) atoms. The largest absolute Gasteiger partial charge is 0.465 e. The van der Waals surface area contributed by atoms with Gasteiger partial charge in [-0.25, -0.2) is 4.79 Å². The predicted octanol–water partition coefficient (Wildman–Crippen LogP) is 1.84. The molecule has 1 saturated heterocycles. The van der Waals surface area contributed by atoms with Gasteiger partial charge in [-0.2, -0.15) is 0 Å². The molecule has 0 radical (unpaired) electrons. The molecule has 0 aromatic heterocycles. The lowest BCUT2D eigenvalue weighted by Gasteiger charge is -2.29. The van der Waals surface area contributed by atoms with E-state index >= 15 is 0 Å². The Morgan fingerprint density at radius 1 is 1.23 bits per heavy atom. The van der Waals surface area contributed by atoms with E-state index in [1.807, 2.05) is 17.0 Å². The second-order valence-corrected chi connectivity index (χ2v) is 5.54. The van der Waals surface area contributed by atoms with Crippen LogP contribution < -0.4 is 0 Å². The zero-order chi connectivity index (χ0) is 15.9. The summed E-state index contributed by atoms with van der Waals surface area (Å²) in [4.78, 5) is 36.0. The van der Waals surface area contributed by atoms with E-state index in [-0.39, 0.29) is 17.8 Å². The highest BCUT2D eigenvalue weighted by molar-refractivity contribution is 5.89. The third-order valence-corrected chi connectivity index (χ3v) is 4.09. The zero-order valence-electron chi connectivity index (χ0n) is 12.8. The molecule has 0 atom stereocenters. The van der Waals surface area contributed by atoms with Crippen molar-refractivity contribution in [3.8, 4) is 0 Å². The summed E-state index contributed by atoms with van der Waals surface area (Å²) in [5.41, 5.74) is 1.53. The topological polar surface area (TPSA) is 63.7 Å². The molecular weight excluding hydrogens is 282 g/mol. The summed E-state index contributed by atoms with van der Waals surface area (Å²) in [6, 6.07) is 7.11. The van der Waals surface area contributed by atoms with Crippen molar-refractivity contribution in [1.29, 1.82) is 0 Å². The zero-order valence-corrected chi connectivity index (χ0v) is 12.8. The number of aldehydes is 1. The third-order valence-electron chi connectivity index (χ3n) is 4.09. The summed E-state index contributed by atoms with van der Waals surface area (Å²) in [6.45, 7) is 1.34. The Kier molecular flexibility index (Phi) is 5.69. The summed E-state index contributed by atoms with van der Waals surface area (Å²) in [5.74, 6) is -0.128. The molecule has 2 rings (SSSR count). The van der Waals surface area contributed by atoms with Gasteiger partial charge in [0.2, 0.25) is 5.91 Å². The Bertz CT molecular complexity index is 530. The first kappa shape index (κ1) is 16.2. The van der Waals surface area contributed by atoms with Crippen molar-refractivity contribution >= 4 is 18.2 Å². The monoisotopic (exact) mass is 303 g/mol. The van der Waals surface area contributed by atoms with Crippen molar-refractivity contribution in [2.24, 2.45) is 5.92 Å². The molecule has 1 amide bonds. The Morgan fingerprint density at radius 3 is 2.41 bits per heavy atom. The molecule has 1 aromatic carbocycles. The number of hydrogen-bond acceptors (Lipinski definition) is 4. The van der Waals surface area contributed by atoms with E-state index in [1.54, 1.807) is 12.1 Å². The quantitative estimate of drug-likeness (QED) is 0.615. The molecule has 0 aliphatic carbocycles. The van der Waals surface area contributed by atoms with Crippen molar-refractivity contribution in [1.82, 2.24) is 4.90 Å². The van der Waals surface area contributed by atoms with E-state index in [9.17, 15) is 14.4 Å². The number of hydrogen-bond donors (Lipinski definition) is 0. The smallest absolute Gasteiger partial charge is 0.337 e. The summed E-state index contributed by atoms with van der Waals surface area (Å²) >= 11 is 0. The van der Waals surface area contributed by atoms with Gasteiger partial charge in [0.1, 0.15) is 6.29 Å². The molecule has 0 bridgehead atoms. The number of carbonyl (C=O) groups excluding carboxylic acids is 3. The van der Waals surface area contributed by atoms with E-state index < -0.39 is 0 Å². The molecule has 1 aliphatic rings. The normalized spacial score (nSPS) is 15.4. The Balaban J connectivity index is 1.81. The molecule has 1 heterocycles. The molecule has 0 saturated carbocycles. The maximum absolute atomic E-state index is 12.2. The van der Waals surface area contributed by atoms with Gasteiger partial charge in [-0.15, -0.1) is 0 Å². The number of likely N-dealkylation sites (tertiary alicyclic amines) is 1. The lowest BCUT2D eigenvalue weighted by atomic mass is 9.98. The first-order valence-electron chi connectivity index (χ1n) is 7.54. The molecule has 118 valence electrons. The molecule has 0 spiro atoms. The molecule has 5 nitrogen and oxygen atoms in total. The maximum atomic E-state index is 12.2. The van der Waals surface area contributed by atoms with E-state index in [2.05, 4.69) is 4.74 Å². The van der Waals surface area contributed by atoms with Gasteiger partial charge in [0.25, 0.3) is 0 Å². The van der Waals surface area contributed by atoms with Gasteiger partial charge in [-0.1, -0.05) is 12.1 Å². The SMILES string of the molecule is COC(=O)c1ccc(CCC(=O)N2CCC(C=O)CC2)cc1. The van der Waals surface area contributed by atoms with Crippen LogP contribution in [0.1, 0.15) is 35.2 Å². The Morgan fingerprint density at radius 2 is 1.86 bits per heavy atom. The van der Waals surface area contributed by atoms with Gasteiger partial charge in [0, 0.05) is 25.4 Å². The van der Waals surface area contributed by atoms with Crippen molar-refractivity contribution in [2.75, 3.05) is 20.2 Å². The van der Waals surface area contributed by atoms with Crippen molar-refractivity contribution in [3.05, 3.63) is 35.4 Å². The number of methoxy groups -OCH3 is 1. The van der Waals surface area contributed by atoms with E-state index in [4.69, 9.17) is 0 Å². The number of rotatable bonds is 5. The molecule has 0 unspecified atom stereocenters. The molecule has 1 fully saturated rings. The van der Waals surface area contributed by atoms with Gasteiger partial charge in [0.05, 0.1) is 12.7 Å². The number of benzene rings is 1. The molecule has 0 N–H and O–H groups in total. The van der Waals surface area contributed by atoms with Crippen LogP contribution in [-0.2, 0) is 20.7 Å². The number of ether oxygens (including phenoxy) is 1. The van der Waals surface area contributed by atoms with Gasteiger partial charge < -0.3 is 14.4 Å². The highest BCUT2D eigenvalue weighted by Gasteiger charge is 2.21. The Labute approximate surface area is 130 Å². The van der Waals surface area contributed by atoms with E-state index in [0.29, 0.717) is 31.5 Å². The number of piperidine rings is 1. The lowest BCUT2D eigenvalue weighted by Crippen LogP contribution is -2.38. The average Bonchev–Trinajstić information content (AvgIpc) is 2.59. The molecule has 1 aliphatic heterocycles. The van der Waals surface area contributed by atoms with Crippen LogP contribution in [-0.4, -0.2) is 43.3 Å². The summed E-state index contributed by atoms with van der Waals surface area (Å²) in [5, 5.41) is 0. The molecular formula is C17H21NO4. The average molecular weight is 303 g/mol. The number of esters is 1. The van der Waals surface area contributed by atoms with Crippen LogP contribution in [0.4, 0.5) is 0 Å². The summed E-state index contributed by atoms with van der Waals surface area (Å²) in [6.07, 6.45) is 3.62. The minimum absolute atomic E-state index is 0.106. The minimum atomic E-state index is -0.360. The van der Waals surface area contributed by atoms with Crippen LogP contribution >= 0.6 is 0 Å². The molecule has 5 heteroatoms. The second-order valence-electron chi connectivity index (χ2n) is 5.54. The third kappa shape index (κ3) is 4.16. The standard InChI is InChI=1S/C17H21NO4/c1-22-17(21)15-5-2-13(3-6-15)4-7-16(20)18-10-8-14(12-19)9-11-18/h2-3,5-6,12,14H,4,7-11H2,1H3. The predicted molar refractivity (Wildman–Crippen MR) is 81.5 cm³/mol. The van der Waals surface area contributed by atoms with E-state index in [1.165, 1.54) is 7.11 Å². The first-order chi connectivity index (χ1) is 10.6. The van der Waals surface area contributed by atoms with Crippen molar-refractivity contribution in [3.63, 3.8) is 0 Å². The van der Waals surface area contributed by atoms with Gasteiger partial charge in [-0.3, -0.25) is 4.79 Å². The number of amides is 1. The van der Waals surface area contributed by atoms with Crippen LogP contribution in [0.2, 0.25) is 0 Å². The Hall–Kier alpha value is -2.17. The first-order valence-corrected chi connectivity index (χ1v) is 7.54. The fourth-order valence-corrected chi connectivity index (χ4v) is 2.62. The highest BCUT2D eigenvalue weighted by Crippen LogP contribution is 2.16. The number of carbonyl (C=O) groups is 3. The van der Waals surface area contributed by atoms with Crippen LogP contribution in [0.5, 0.6) is 0 Å².